The lowest BCUT2D eigenvalue weighted by molar-refractivity contribution is -0.141. The van der Waals surface area contributed by atoms with E-state index in [0.717, 1.165) is 41.5 Å². The molecule has 1 atom stereocenters. The Balaban J connectivity index is 2.12. The SMILES string of the molecule is O=C(O)CC1(CC(O)c2cc(Br)c(Cl)s2)CCCCC1. The van der Waals surface area contributed by atoms with Crippen LogP contribution < -0.4 is 0 Å². The molecule has 0 spiro atoms. The smallest absolute Gasteiger partial charge is 0.303 e. The third-order valence-electron chi connectivity index (χ3n) is 4.06. The molecular weight excluding hydrogens is 364 g/mol. The first-order valence-corrected chi connectivity index (χ1v) is 8.75. The highest BCUT2D eigenvalue weighted by molar-refractivity contribution is 9.10. The van der Waals surface area contributed by atoms with Crippen molar-refractivity contribution < 1.29 is 15.0 Å². The summed E-state index contributed by atoms with van der Waals surface area (Å²) in [6.45, 7) is 0. The quantitative estimate of drug-likeness (QED) is 0.753. The fraction of sp³-hybridized carbons (Fsp3) is 0.643. The molecule has 1 aliphatic carbocycles. The van der Waals surface area contributed by atoms with Crippen molar-refractivity contribution in [1.29, 1.82) is 0 Å². The molecule has 0 aliphatic heterocycles. The predicted octanol–water partition coefficient (Wildman–Crippen LogP) is 5.01. The van der Waals surface area contributed by atoms with E-state index in [1.54, 1.807) is 0 Å². The molecule has 6 heteroatoms. The lowest BCUT2D eigenvalue weighted by Crippen LogP contribution is -2.29. The minimum Gasteiger partial charge on any atom is -0.481 e. The highest BCUT2D eigenvalue weighted by Crippen LogP contribution is 2.47. The van der Waals surface area contributed by atoms with Crippen LogP contribution in [-0.4, -0.2) is 16.2 Å². The van der Waals surface area contributed by atoms with Crippen LogP contribution in [0.15, 0.2) is 10.5 Å². The number of carboxylic acid groups (broad SMARTS) is 1. The molecule has 1 aliphatic rings. The molecule has 0 radical (unpaired) electrons. The van der Waals surface area contributed by atoms with Gasteiger partial charge in [0.05, 0.1) is 12.5 Å². The van der Waals surface area contributed by atoms with Gasteiger partial charge in [-0.1, -0.05) is 30.9 Å². The van der Waals surface area contributed by atoms with Gasteiger partial charge in [-0.2, -0.15) is 0 Å². The van der Waals surface area contributed by atoms with Gasteiger partial charge in [0.2, 0.25) is 0 Å². The van der Waals surface area contributed by atoms with E-state index in [1.165, 1.54) is 11.3 Å². The number of aliphatic hydroxyl groups excluding tert-OH is 1. The van der Waals surface area contributed by atoms with E-state index >= 15 is 0 Å². The monoisotopic (exact) mass is 380 g/mol. The molecule has 1 unspecified atom stereocenters. The highest BCUT2D eigenvalue weighted by atomic mass is 79.9. The second kappa shape index (κ2) is 6.77. The molecule has 20 heavy (non-hydrogen) atoms. The standard InChI is InChI=1S/C14H18BrClO3S/c15-9-6-11(20-13(9)16)10(17)7-14(8-12(18)19)4-2-1-3-5-14/h6,10,17H,1-5,7-8H2,(H,18,19). The highest BCUT2D eigenvalue weighted by Gasteiger charge is 2.37. The molecule has 1 aromatic heterocycles. The molecule has 0 saturated heterocycles. The van der Waals surface area contributed by atoms with Crippen LogP contribution in [0.4, 0.5) is 0 Å². The van der Waals surface area contributed by atoms with E-state index < -0.39 is 12.1 Å². The third-order valence-corrected chi connectivity index (χ3v) is 6.64. The van der Waals surface area contributed by atoms with E-state index in [9.17, 15) is 9.90 Å². The number of carboxylic acids is 1. The fourth-order valence-electron chi connectivity index (χ4n) is 3.11. The number of aliphatic hydroxyl groups is 1. The number of hydrogen-bond acceptors (Lipinski definition) is 3. The summed E-state index contributed by atoms with van der Waals surface area (Å²) >= 11 is 10.7. The zero-order valence-electron chi connectivity index (χ0n) is 11.1. The van der Waals surface area contributed by atoms with Crippen molar-refractivity contribution in [3.05, 3.63) is 19.8 Å². The van der Waals surface area contributed by atoms with Crippen molar-refractivity contribution in [3.63, 3.8) is 0 Å². The minimum absolute atomic E-state index is 0.143. The summed E-state index contributed by atoms with van der Waals surface area (Å²) in [5.74, 6) is -0.774. The van der Waals surface area contributed by atoms with E-state index in [1.807, 2.05) is 6.07 Å². The first-order valence-electron chi connectivity index (χ1n) is 6.76. The molecule has 0 bridgehead atoms. The summed E-state index contributed by atoms with van der Waals surface area (Å²) in [5.41, 5.74) is -0.271. The van der Waals surface area contributed by atoms with Gasteiger partial charge in [-0.05, 0) is 46.7 Å². The maximum absolute atomic E-state index is 11.1. The Morgan fingerprint density at radius 3 is 2.60 bits per heavy atom. The first-order chi connectivity index (χ1) is 9.42. The normalized spacial score (nSPS) is 19.8. The molecular formula is C14H18BrClO3S. The number of carbonyl (C=O) groups is 1. The molecule has 1 saturated carbocycles. The van der Waals surface area contributed by atoms with Gasteiger partial charge in [0, 0.05) is 9.35 Å². The number of aliphatic carboxylic acids is 1. The van der Waals surface area contributed by atoms with Gasteiger partial charge in [0.15, 0.2) is 0 Å². The van der Waals surface area contributed by atoms with Crippen LogP contribution in [0.2, 0.25) is 4.34 Å². The summed E-state index contributed by atoms with van der Waals surface area (Å²) in [4.78, 5) is 11.9. The van der Waals surface area contributed by atoms with Gasteiger partial charge in [0.1, 0.15) is 4.34 Å². The van der Waals surface area contributed by atoms with Crippen LogP contribution in [0.5, 0.6) is 0 Å². The molecule has 3 nitrogen and oxygen atoms in total. The van der Waals surface area contributed by atoms with Crippen molar-refractivity contribution in [3.8, 4) is 0 Å². The van der Waals surface area contributed by atoms with Crippen LogP contribution in [-0.2, 0) is 4.79 Å². The zero-order chi connectivity index (χ0) is 14.8. The topological polar surface area (TPSA) is 57.5 Å². The van der Waals surface area contributed by atoms with Gasteiger partial charge in [0.25, 0.3) is 0 Å². The van der Waals surface area contributed by atoms with E-state index in [4.69, 9.17) is 16.7 Å². The van der Waals surface area contributed by atoms with Crippen molar-refractivity contribution in [1.82, 2.24) is 0 Å². The Bertz CT molecular complexity index is 463. The van der Waals surface area contributed by atoms with Crippen LogP contribution in [0.1, 0.15) is 55.9 Å². The van der Waals surface area contributed by atoms with Crippen molar-refractivity contribution in [2.45, 2.75) is 51.0 Å². The Kier molecular flexibility index (Phi) is 5.51. The Morgan fingerprint density at radius 2 is 2.10 bits per heavy atom. The average molecular weight is 382 g/mol. The number of halogens is 2. The minimum atomic E-state index is -0.774. The van der Waals surface area contributed by atoms with Crippen LogP contribution >= 0.6 is 38.9 Å². The lowest BCUT2D eigenvalue weighted by Gasteiger charge is -2.37. The summed E-state index contributed by atoms with van der Waals surface area (Å²) in [7, 11) is 0. The van der Waals surface area contributed by atoms with Crippen molar-refractivity contribution in [2.75, 3.05) is 0 Å². The summed E-state index contributed by atoms with van der Waals surface area (Å²) < 4.78 is 1.41. The predicted molar refractivity (Wildman–Crippen MR) is 84.4 cm³/mol. The van der Waals surface area contributed by atoms with Gasteiger partial charge < -0.3 is 10.2 Å². The van der Waals surface area contributed by atoms with E-state index in [2.05, 4.69) is 15.9 Å². The van der Waals surface area contributed by atoms with E-state index in [-0.39, 0.29) is 11.8 Å². The molecule has 1 heterocycles. The van der Waals surface area contributed by atoms with Crippen LogP contribution in [0, 0.1) is 5.41 Å². The summed E-state index contributed by atoms with van der Waals surface area (Å²) in [6, 6.07) is 1.83. The van der Waals surface area contributed by atoms with Gasteiger partial charge in [-0.25, -0.2) is 0 Å². The van der Waals surface area contributed by atoms with Crippen LogP contribution in [0.25, 0.3) is 0 Å². The lowest BCUT2D eigenvalue weighted by atomic mass is 9.68. The fourth-order valence-corrected chi connectivity index (χ4v) is 4.84. The van der Waals surface area contributed by atoms with Crippen LogP contribution in [0.3, 0.4) is 0 Å². The largest absolute Gasteiger partial charge is 0.481 e. The maximum Gasteiger partial charge on any atom is 0.303 e. The maximum atomic E-state index is 11.1. The molecule has 1 aromatic rings. The Hall–Kier alpha value is -0.100. The molecule has 2 rings (SSSR count). The molecule has 0 amide bonds. The molecule has 0 aromatic carbocycles. The molecule has 1 fully saturated rings. The van der Waals surface area contributed by atoms with Gasteiger partial charge in [-0.3, -0.25) is 4.79 Å². The molecule has 112 valence electrons. The van der Waals surface area contributed by atoms with Crippen molar-refractivity contribution in [2.24, 2.45) is 5.41 Å². The number of hydrogen-bond donors (Lipinski definition) is 2. The van der Waals surface area contributed by atoms with E-state index in [0.29, 0.717) is 10.8 Å². The first kappa shape index (κ1) is 16.3. The van der Waals surface area contributed by atoms with Gasteiger partial charge >= 0.3 is 5.97 Å². The number of thiophene rings is 1. The number of rotatable bonds is 5. The summed E-state index contributed by atoms with van der Waals surface area (Å²) in [6.07, 6.45) is 5.04. The van der Waals surface area contributed by atoms with Crippen molar-refractivity contribution >= 4 is 44.8 Å². The summed E-state index contributed by atoms with van der Waals surface area (Å²) in [5, 5.41) is 19.6. The molecule has 2 N–H and O–H groups in total. The third kappa shape index (κ3) is 3.97. The Morgan fingerprint density at radius 1 is 1.45 bits per heavy atom. The second-order valence-electron chi connectivity index (χ2n) is 5.62. The van der Waals surface area contributed by atoms with Gasteiger partial charge in [-0.15, -0.1) is 11.3 Å². The zero-order valence-corrected chi connectivity index (χ0v) is 14.2. The second-order valence-corrected chi connectivity index (χ2v) is 8.16. The average Bonchev–Trinajstić information content (AvgIpc) is 2.69. The Labute approximate surface area is 136 Å².